The monoisotopic (exact) mass is 355 g/mol. The number of carbonyl (C=O) groups is 2. The average Bonchev–Trinajstić information content (AvgIpc) is 2.66. The smallest absolute Gasteiger partial charge is 0.338 e. The van der Waals surface area contributed by atoms with Crippen LogP contribution in [0.2, 0.25) is 0 Å². The van der Waals surface area contributed by atoms with E-state index in [1.54, 1.807) is 30.0 Å². The molecule has 0 aromatic heterocycles. The van der Waals surface area contributed by atoms with Crippen molar-refractivity contribution >= 4 is 35.4 Å². The summed E-state index contributed by atoms with van der Waals surface area (Å²) in [6.07, 6.45) is 3.70. The van der Waals surface area contributed by atoms with Crippen molar-refractivity contribution < 1.29 is 19.1 Å². The number of carbonyl (C=O) groups excluding carboxylic acids is 2. The van der Waals surface area contributed by atoms with Gasteiger partial charge in [0.05, 0.1) is 5.57 Å². The van der Waals surface area contributed by atoms with Crippen LogP contribution in [0.5, 0.6) is 5.75 Å². The number of thioether (sulfide) groups is 1. The maximum absolute atomic E-state index is 12.1. The third kappa shape index (κ3) is 4.42. The van der Waals surface area contributed by atoms with E-state index < -0.39 is 5.97 Å². The van der Waals surface area contributed by atoms with Gasteiger partial charge >= 0.3 is 5.97 Å². The van der Waals surface area contributed by atoms with Crippen molar-refractivity contribution in [1.29, 1.82) is 0 Å². The first-order chi connectivity index (χ1) is 12.2. The van der Waals surface area contributed by atoms with E-state index in [0.29, 0.717) is 11.3 Å². The lowest BCUT2D eigenvalue weighted by Gasteiger charge is -2.16. The molecule has 0 bridgehead atoms. The minimum Gasteiger partial charge on any atom is -0.488 e. The summed E-state index contributed by atoms with van der Waals surface area (Å²) in [6.45, 7) is -0.213. The van der Waals surface area contributed by atoms with Crippen LogP contribution in [-0.2, 0) is 14.3 Å². The minimum absolute atomic E-state index is 0.133. The number of esters is 1. The Morgan fingerprint density at radius 3 is 2.68 bits per heavy atom. The standard InChI is InChI=1S/C19H17NO4S/c1-25-16-8-6-15(7-9-16)20-18(21)12-24-19(22)14-10-13-4-2-3-5-17(13)23-11-14/h2-10H,11-12H2,1H3,(H,20,21). The number of para-hydroxylation sites is 1. The number of ether oxygens (including phenoxy) is 2. The predicted molar refractivity (Wildman–Crippen MR) is 97.7 cm³/mol. The van der Waals surface area contributed by atoms with E-state index in [4.69, 9.17) is 9.47 Å². The second kappa shape index (κ2) is 7.90. The molecule has 0 saturated heterocycles. The molecule has 1 heterocycles. The van der Waals surface area contributed by atoms with Crippen LogP contribution in [0, 0.1) is 0 Å². The number of benzene rings is 2. The summed E-state index contributed by atoms with van der Waals surface area (Å²) in [4.78, 5) is 25.1. The molecule has 0 atom stereocenters. The fourth-order valence-corrected chi connectivity index (χ4v) is 2.74. The molecule has 2 aromatic rings. The van der Waals surface area contributed by atoms with Gasteiger partial charge in [0.1, 0.15) is 12.4 Å². The third-order valence-electron chi connectivity index (χ3n) is 3.60. The number of anilines is 1. The second-order valence-corrected chi connectivity index (χ2v) is 6.23. The van der Waals surface area contributed by atoms with Crippen molar-refractivity contribution in [3.05, 3.63) is 59.7 Å². The molecule has 1 aliphatic rings. The van der Waals surface area contributed by atoms with Gasteiger partial charge in [0.25, 0.3) is 5.91 Å². The van der Waals surface area contributed by atoms with Crippen LogP contribution in [-0.4, -0.2) is 31.3 Å². The SMILES string of the molecule is CSc1ccc(NC(=O)COC(=O)C2=Cc3ccccc3OC2)cc1. The molecule has 0 saturated carbocycles. The Morgan fingerprint density at radius 1 is 1.16 bits per heavy atom. The number of fused-ring (bicyclic) bond motifs is 1. The van der Waals surface area contributed by atoms with Crippen LogP contribution in [0.25, 0.3) is 6.08 Å². The Hall–Kier alpha value is -2.73. The first-order valence-electron chi connectivity index (χ1n) is 7.69. The zero-order valence-electron chi connectivity index (χ0n) is 13.7. The average molecular weight is 355 g/mol. The summed E-state index contributed by atoms with van der Waals surface area (Å²) in [5.41, 5.74) is 1.86. The lowest BCUT2D eigenvalue weighted by Crippen LogP contribution is -2.23. The molecule has 1 N–H and O–H groups in total. The Labute approximate surface area is 150 Å². The van der Waals surface area contributed by atoms with Gasteiger partial charge in [0.2, 0.25) is 0 Å². The van der Waals surface area contributed by atoms with Crippen molar-refractivity contribution in [3.8, 4) is 5.75 Å². The van der Waals surface area contributed by atoms with E-state index in [2.05, 4.69) is 5.32 Å². The van der Waals surface area contributed by atoms with Gasteiger partial charge < -0.3 is 14.8 Å². The Kier molecular flexibility index (Phi) is 5.40. The Bertz CT molecular complexity index is 814. The highest BCUT2D eigenvalue weighted by Gasteiger charge is 2.19. The van der Waals surface area contributed by atoms with E-state index in [0.717, 1.165) is 16.2 Å². The molecule has 5 nitrogen and oxygen atoms in total. The molecule has 0 fully saturated rings. The molecule has 2 aromatic carbocycles. The highest BCUT2D eigenvalue weighted by molar-refractivity contribution is 7.98. The zero-order chi connectivity index (χ0) is 17.6. The Balaban J connectivity index is 1.53. The van der Waals surface area contributed by atoms with Gasteiger partial charge in [-0.05, 0) is 42.7 Å². The third-order valence-corrected chi connectivity index (χ3v) is 4.35. The van der Waals surface area contributed by atoms with Crippen LogP contribution in [0.4, 0.5) is 5.69 Å². The second-order valence-electron chi connectivity index (χ2n) is 5.35. The number of hydrogen-bond donors (Lipinski definition) is 1. The zero-order valence-corrected chi connectivity index (χ0v) is 14.5. The Morgan fingerprint density at radius 2 is 1.92 bits per heavy atom. The summed E-state index contributed by atoms with van der Waals surface area (Å²) in [5.74, 6) is -0.212. The molecule has 3 rings (SSSR count). The van der Waals surface area contributed by atoms with Crippen molar-refractivity contribution in [2.75, 3.05) is 24.8 Å². The fourth-order valence-electron chi connectivity index (χ4n) is 2.33. The molecular weight excluding hydrogens is 338 g/mol. The summed E-state index contributed by atoms with van der Waals surface area (Å²) < 4.78 is 10.6. The number of rotatable bonds is 5. The van der Waals surface area contributed by atoms with Gasteiger partial charge in [-0.3, -0.25) is 4.79 Å². The largest absolute Gasteiger partial charge is 0.488 e. The lowest BCUT2D eigenvalue weighted by molar-refractivity contribution is -0.143. The summed E-state index contributed by atoms with van der Waals surface area (Å²) in [5, 5.41) is 2.69. The van der Waals surface area contributed by atoms with Crippen LogP contribution >= 0.6 is 11.8 Å². The number of hydrogen-bond acceptors (Lipinski definition) is 5. The quantitative estimate of drug-likeness (QED) is 0.658. The van der Waals surface area contributed by atoms with Crippen LogP contribution < -0.4 is 10.1 Å². The molecule has 0 radical (unpaired) electrons. The first kappa shape index (κ1) is 17.1. The molecule has 1 amide bonds. The lowest BCUT2D eigenvalue weighted by atomic mass is 10.1. The highest BCUT2D eigenvalue weighted by atomic mass is 32.2. The van der Waals surface area contributed by atoms with Crippen LogP contribution in [0.15, 0.2) is 59.0 Å². The maximum Gasteiger partial charge on any atom is 0.338 e. The molecule has 6 heteroatoms. The number of nitrogens with one attached hydrogen (secondary N) is 1. The van der Waals surface area contributed by atoms with E-state index >= 15 is 0 Å². The summed E-state index contributed by atoms with van der Waals surface area (Å²) in [7, 11) is 0. The molecule has 0 spiro atoms. The van der Waals surface area contributed by atoms with Gasteiger partial charge in [0, 0.05) is 16.1 Å². The van der Waals surface area contributed by atoms with E-state index in [1.165, 1.54) is 0 Å². The molecule has 0 unspecified atom stereocenters. The molecule has 0 aliphatic carbocycles. The van der Waals surface area contributed by atoms with Gasteiger partial charge in [-0.15, -0.1) is 11.8 Å². The van der Waals surface area contributed by atoms with Crippen molar-refractivity contribution in [1.82, 2.24) is 0 Å². The van der Waals surface area contributed by atoms with Crippen molar-refractivity contribution in [2.45, 2.75) is 4.90 Å². The molecular formula is C19H17NO4S. The van der Waals surface area contributed by atoms with Crippen molar-refractivity contribution in [3.63, 3.8) is 0 Å². The molecule has 1 aliphatic heterocycles. The fraction of sp³-hybridized carbons (Fsp3) is 0.158. The van der Waals surface area contributed by atoms with Gasteiger partial charge in [-0.1, -0.05) is 18.2 Å². The number of amides is 1. The summed E-state index contributed by atoms with van der Waals surface area (Å²) >= 11 is 1.62. The maximum atomic E-state index is 12.1. The topological polar surface area (TPSA) is 64.6 Å². The first-order valence-corrected chi connectivity index (χ1v) is 8.91. The van der Waals surface area contributed by atoms with Gasteiger partial charge in [-0.25, -0.2) is 4.79 Å². The van der Waals surface area contributed by atoms with E-state index in [1.807, 2.05) is 42.7 Å². The predicted octanol–water partition coefficient (Wildman–Crippen LogP) is 3.37. The van der Waals surface area contributed by atoms with E-state index in [9.17, 15) is 9.59 Å². The highest BCUT2D eigenvalue weighted by Crippen LogP contribution is 2.26. The van der Waals surface area contributed by atoms with Crippen LogP contribution in [0.1, 0.15) is 5.56 Å². The normalized spacial score (nSPS) is 12.4. The van der Waals surface area contributed by atoms with Crippen molar-refractivity contribution in [2.24, 2.45) is 0 Å². The summed E-state index contributed by atoms with van der Waals surface area (Å²) in [6, 6.07) is 14.9. The van der Waals surface area contributed by atoms with E-state index in [-0.39, 0.29) is 19.1 Å². The molecule has 25 heavy (non-hydrogen) atoms. The van der Waals surface area contributed by atoms with Crippen LogP contribution in [0.3, 0.4) is 0 Å². The van der Waals surface area contributed by atoms with Gasteiger partial charge in [0.15, 0.2) is 6.61 Å². The van der Waals surface area contributed by atoms with Gasteiger partial charge in [-0.2, -0.15) is 0 Å². The molecule has 128 valence electrons. The minimum atomic E-state index is -0.553.